The fourth-order valence-electron chi connectivity index (χ4n) is 3.16. The minimum atomic E-state index is -3.74. The van der Waals surface area contributed by atoms with Crippen LogP contribution in [0.25, 0.3) is 0 Å². The maximum absolute atomic E-state index is 12.7. The van der Waals surface area contributed by atoms with Gasteiger partial charge in [-0.25, -0.2) is 13.1 Å². The lowest BCUT2D eigenvalue weighted by Gasteiger charge is -2.31. The van der Waals surface area contributed by atoms with Gasteiger partial charge in [-0.3, -0.25) is 0 Å². The Morgan fingerprint density at radius 3 is 2.52 bits per heavy atom. The zero-order chi connectivity index (χ0) is 16.4. The largest absolute Gasteiger partial charge is 0.486 e. The summed E-state index contributed by atoms with van der Waals surface area (Å²) in [5.74, 6) is 1.03. The molecule has 1 heterocycles. The summed E-state index contributed by atoms with van der Waals surface area (Å²) in [4.78, 5) is 0.0183. The van der Waals surface area contributed by atoms with E-state index in [0.29, 0.717) is 31.3 Å². The molecule has 6 nitrogen and oxygen atoms in total. The molecule has 2 atom stereocenters. The zero-order valence-corrected chi connectivity index (χ0v) is 14.3. The second-order valence-corrected chi connectivity index (χ2v) is 8.02. The molecule has 1 saturated carbocycles. The molecule has 0 aromatic heterocycles. The Bertz CT molecular complexity index is 680. The Balaban J connectivity index is 1.87. The lowest BCUT2D eigenvalue weighted by Crippen LogP contribution is -2.44. The molecule has 0 amide bonds. The van der Waals surface area contributed by atoms with E-state index in [2.05, 4.69) is 4.72 Å². The van der Waals surface area contributed by atoms with E-state index in [9.17, 15) is 8.42 Å². The van der Waals surface area contributed by atoms with Crippen molar-refractivity contribution in [2.75, 3.05) is 19.8 Å². The number of rotatable bonds is 4. The van der Waals surface area contributed by atoms with Crippen LogP contribution in [-0.2, 0) is 10.0 Å². The van der Waals surface area contributed by atoms with Crippen molar-refractivity contribution in [2.24, 2.45) is 11.7 Å². The standard InChI is InChI=1S/C15H21ClN2O4S/c16-11-7-13-14(22-6-5-21-13)8-15(11)23(19,20)18-12-4-2-1-3-10(12)9-17/h7-8,10,12,18H,1-6,9,17H2. The van der Waals surface area contributed by atoms with Gasteiger partial charge in [0.1, 0.15) is 18.1 Å². The fourth-order valence-corrected chi connectivity index (χ4v) is 5.03. The highest BCUT2D eigenvalue weighted by Crippen LogP contribution is 2.37. The topological polar surface area (TPSA) is 90.7 Å². The van der Waals surface area contributed by atoms with Crippen LogP contribution in [0.5, 0.6) is 11.5 Å². The summed E-state index contributed by atoms with van der Waals surface area (Å²) in [6.45, 7) is 1.29. The van der Waals surface area contributed by atoms with Crippen molar-refractivity contribution >= 4 is 21.6 Å². The monoisotopic (exact) mass is 360 g/mol. The van der Waals surface area contributed by atoms with Gasteiger partial charge < -0.3 is 15.2 Å². The number of hydrogen-bond acceptors (Lipinski definition) is 5. The first-order valence-corrected chi connectivity index (χ1v) is 9.69. The van der Waals surface area contributed by atoms with Gasteiger partial charge in [0.25, 0.3) is 0 Å². The first kappa shape index (κ1) is 16.8. The average molecular weight is 361 g/mol. The molecule has 8 heteroatoms. The van der Waals surface area contributed by atoms with Crippen LogP contribution in [0.2, 0.25) is 5.02 Å². The van der Waals surface area contributed by atoms with Gasteiger partial charge in [0, 0.05) is 18.2 Å². The van der Waals surface area contributed by atoms with Gasteiger partial charge in [-0.15, -0.1) is 0 Å². The molecular weight excluding hydrogens is 340 g/mol. The van der Waals surface area contributed by atoms with Gasteiger partial charge in [-0.2, -0.15) is 0 Å². The molecule has 0 spiro atoms. The number of halogens is 1. The van der Waals surface area contributed by atoms with Gasteiger partial charge in [0.15, 0.2) is 11.5 Å². The number of nitrogens with one attached hydrogen (secondary N) is 1. The van der Waals surface area contributed by atoms with E-state index in [1.165, 1.54) is 12.1 Å². The van der Waals surface area contributed by atoms with Gasteiger partial charge in [0.2, 0.25) is 10.0 Å². The first-order chi connectivity index (χ1) is 11.0. The van der Waals surface area contributed by atoms with Crippen LogP contribution in [0.3, 0.4) is 0 Å². The Hall–Kier alpha value is -1.02. The van der Waals surface area contributed by atoms with Crippen molar-refractivity contribution in [3.63, 3.8) is 0 Å². The summed E-state index contributed by atoms with van der Waals surface area (Å²) in [5, 5.41) is 0.127. The average Bonchev–Trinajstić information content (AvgIpc) is 2.54. The molecule has 3 N–H and O–H groups in total. The Morgan fingerprint density at radius 1 is 1.17 bits per heavy atom. The summed E-state index contributed by atoms with van der Waals surface area (Å²) < 4.78 is 39.1. The molecule has 1 aliphatic carbocycles. The van der Waals surface area contributed by atoms with Crippen molar-refractivity contribution in [3.05, 3.63) is 17.2 Å². The molecule has 1 aromatic rings. The van der Waals surface area contributed by atoms with E-state index in [0.717, 1.165) is 25.7 Å². The fraction of sp³-hybridized carbons (Fsp3) is 0.600. The number of benzene rings is 1. The molecule has 0 radical (unpaired) electrons. The predicted octanol–water partition coefficient (Wildman–Crippen LogP) is 1.91. The van der Waals surface area contributed by atoms with Crippen LogP contribution in [0, 0.1) is 5.92 Å². The minimum absolute atomic E-state index is 0.0183. The summed E-state index contributed by atoms with van der Waals surface area (Å²) in [6.07, 6.45) is 3.82. The highest BCUT2D eigenvalue weighted by molar-refractivity contribution is 7.89. The van der Waals surface area contributed by atoms with Crippen molar-refractivity contribution < 1.29 is 17.9 Å². The van der Waals surface area contributed by atoms with E-state index in [4.69, 9.17) is 26.8 Å². The summed E-state index contributed by atoms with van der Waals surface area (Å²) >= 11 is 6.15. The summed E-state index contributed by atoms with van der Waals surface area (Å²) in [5.41, 5.74) is 5.77. The van der Waals surface area contributed by atoms with E-state index in [1.807, 2.05) is 0 Å². The molecule has 0 saturated heterocycles. The van der Waals surface area contributed by atoms with Crippen molar-refractivity contribution in [3.8, 4) is 11.5 Å². The quantitative estimate of drug-likeness (QED) is 0.855. The van der Waals surface area contributed by atoms with Crippen molar-refractivity contribution in [2.45, 2.75) is 36.6 Å². The Kier molecular flexibility index (Phi) is 5.01. The molecule has 2 aliphatic rings. The van der Waals surface area contributed by atoms with Crippen molar-refractivity contribution in [1.29, 1.82) is 0 Å². The molecule has 2 unspecified atom stereocenters. The molecule has 1 aromatic carbocycles. The minimum Gasteiger partial charge on any atom is -0.486 e. The van der Waals surface area contributed by atoms with Crippen LogP contribution in [-0.4, -0.2) is 34.2 Å². The lowest BCUT2D eigenvalue weighted by molar-refractivity contribution is 0.171. The zero-order valence-electron chi connectivity index (χ0n) is 12.8. The van der Waals surface area contributed by atoms with Gasteiger partial charge >= 0.3 is 0 Å². The van der Waals surface area contributed by atoms with Crippen LogP contribution >= 0.6 is 11.6 Å². The van der Waals surface area contributed by atoms with E-state index < -0.39 is 10.0 Å². The van der Waals surface area contributed by atoms with Crippen molar-refractivity contribution in [1.82, 2.24) is 4.72 Å². The van der Waals surface area contributed by atoms with Crippen LogP contribution in [0.1, 0.15) is 25.7 Å². The third-order valence-corrected chi connectivity index (χ3v) is 6.36. The Labute approximate surface area is 141 Å². The number of sulfonamides is 1. The van der Waals surface area contributed by atoms with E-state index >= 15 is 0 Å². The molecule has 0 bridgehead atoms. The van der Waals surface area contributed by atoms with Gasteiger partial charge in [-0.1, -0.05) is 24.4 Å². The number of fused-ring (bicyclic) bond motifs is 1. The SMILES string of the molecule is NCC1CCCCC1NS(=O)(=O)c1cc2c(cc1Cl)OCCO2. The highest BCUT2D eigenvalue weighted by Gasteiger charge is 2.30. The lowest BCUT2D eigenvalue weighted by atomic mass is 9.85. The smallest absolute Gasteiger partial charge is 0.242 e. The first-order valence-electron chi connectivity index (χ1n) is 7.83. The van der Waals surface area contributed by atoms with Gasteiger partial charge in [0.05, 0.1) is 5.02 Å². The molecule has 1 fully saturated rings. The number of hydrogen-bond donors (Lipinski definition) is 2. The molecule has 3 rings (SSSR count). The van der Waals surface area contributed by atoms with E-state index in [-0.39, 0.29) is 21.9 Å². The van der Waals surface area contributed by atoms with Crippen LogP contribution in [0.4, 0.5) is 0 Å². The van der Waals surface area contributed by atoms with Crippen LogP contribution in [0.15, 0.2) is 17.0 Å². The molecular formula is C15H21ClN2O4S. The number of ether oxygens (including phenoxy) is 2. The number of nitrogens with two attached hydrogens (primary N) is 1. The molecule has 1 aliphatic heterocycles. The Morgan fingerprint density at radius 2 is 1.83 bits per heavy atom. The van der Waals surface area contributed by atoms with Gasteiger partial charge in [-0.05, 0) is 25.3 Å². The third-order valence-electron chi connectivity index (χ3n) is 4.40. The predicted molar refractivity (Wildman–Crippen MR) is 87.6 cm³/mol. The maximum atomic E-state index is 12.7. The third kappa shape index (κ3) is 3.57. The van der Waals surface area contributed by atoms with Crippen LogP contribution < -0.4 is 19.9 Å². The van der Waals surface area contributed by atoms with E-state index in [1.54, 1.807) is 0 Å². The second kappa shape index (κ2) is 6.84. The highest BCUT2D eigenvalue weighted by atomic mass is 35.5. The normalized spacial score (nSPS) is 24.4. The second-order valence-electron chi connectivity index (χ2n) is 5.93. The summed E-state index contributed by atoms with van der Waals surface area (Å²) in [7, 11) is -3.74. The molecule has 23 heavy (non-hydrogen) atoms. The molecule has 128 valence electrons. The summed E-state index contributed by atoms with van der Waals surface area (Å²) in [6, 6.07) is 2.77. The maximum Gasteiger partial charge on any atom is 0.242 e.